The summed E-state index contributed by atoms with van der Waals surface area (Å²) >= 11 is 0. The molecule has 0 atom stereocenters. The van der Waals surface area contributed by atoms with E-state index in [0.717, 1.165) is 18.6 Å². The van der Waals surface area contributed by atoms with E-state index in [1.165, 1.54) is 16.7 Å². The topological polar surface area (TPSA) is 9.23 Å². The Labute approximate surface area is 151 Å². The number of hydrogen-bond donors (Lipinski definition) is 0. The Hall–Kier alpha value is -0.980. The molecule has 0 aliphatic heterocycles. The van der Waals surface area contributed by atoms with Crippen LogP contribution in [0.25, 0.3) is 0 Å². The Morgan fingerprint density at radius 2 is 1.12 bits per heavy atom. The van der Waals surface area contributed by atoms with E-state index in [-0.39, 0.29) is 16.4 Å². The van der Waals surface area contributed by atoms with Crippen molar-refractivity contribution < 1.29 is 4.74 Å². The summed E-state index contributed by atoms with van der Waals surface area (Å²) in [5, 5.41) is 0. The molecule has 0 spiro atoms. The second kappa shape index (κ2) is 7.10. The minimum absolute atomic E-state index is 0.182. The molecule has 0 aliphatic carbocycles. The molecule has 1 rings (SSSR count). The van der Waals surface area contributed by atoms with Gasteiger partial charge in [-0.1, -0.05) is 67.5 Å². The largest absolute Gasteiger partial charge is 0.488 e. The summed E-state index contributed by atoms with van der Waals surface area (Å²) in [6.07, 6.45) is 2.08. The van der Waals surface area contributed by atoms with Crippen molar-refractivity contribution in [3.05, 3.63) is 28.8 Å². The molecule has 0 fully saturated rings. The number of benzene rings is 1. The molecule has 138 valence electrons. The highest BCUT2D eigenvalue weighted by Gasteiger charge is 2.25. The molecule has 0 aromatic heterocycles. The van der Waals surface area contributed by atoms with Crippen molar-refractivity contribution in [1.29, 1.82) is 0 Å². The van der Waals surface area contributed by atoms with Gasteiger partial charge < -0.3 is 4.74 Å². The summed E-state index contributed by atoms with van der Waals surface area (Å²) in [7, 11) is 0. The van der Waals surface area contributed by atoms with Gasteiger partial charge in [0.05, 0.1) is 0 Å². The fourth-order valence-corrected chi connectivity index (χ4v) is 2.96. The van der Waals surface area contributed by atoms with Crippen molar-refractivity contribution in [2.75, 3.05) is 0 Å². The lowest BCUT2D eigenvalue weighted by Gasteiger charge is -2.31. The third kappa shape index (κ3) is 7.28. The van der Waals surface area contributed by atoms with E-state index in [9.17, 15) is 0 Å². The van der Waals surface area contributed by atoms with Crippen LogP contribution < -0.4 is 4.74 Å². The molecule has 0 saturated carbocycles. The van der Waals surface area contributed by atoms with E-state index < -0.39 is 0 Å². The van der Waals surface area contributed by atoms with Crippen LogP contribution in [0.4, 0.5) is 0 Å². The Morgan fingerprint density at radius 1 is 0.750 bits per heavy atom. The molecule has 0 heterocycles. The molecule has 1 heteroatoms. The first-order valence-electron chi connectivity index (χ1n) is 9.42. The maximum atomic E-state index is 6.49. The van der Waals surface area contributed by atoms with Gasteiger partial charge in [-0.3, -0.25) is 0 Å². The molecule has 0 bridgehead atoms. The molecule has 1 aromatic rings. The zero-order chi connectivity index (χ0) is 18.9. The molecule has 0 unspecified atom stereocenters. The number of rotatable bonds is 4. The van der Waals surface area contributed by atoms with E-state index >= 15 is 0 Å². The van der Waals surface area contributed by atoms with E-state index in [2.05, 4.69) is 88.3 Å². The Morgan fingerprint density at radius 3 is 1.38 bits per heavy atom. The minimum atomic E-state index is -0.182. The second-order valence-corrected chi connectivity index (χ2v) is 11.0. The summed E-state index contributed by atoms with van der Waals surface area (Å²) in [6, 6.07) is 4.76. The van der Waals surface area contributed by atoms with Gasteiger partial charge in [0, 0.05) is 0 Å². The van der Waals surface area contributed by atoms with Gasteiger partial charge in [-0.2, -0.15) is 0 Å². The number of hydrogen-bond acceptors (Lipinski definition) is 1. The van der Waals surface area contributed by atoms with Gasteiger partial charge >= 0.3 is 0 Å². The molecule has 24 heavy (non-hydrogen) atoms. The second-order valence-electron chi connectivity index (χ2n) is 11.0. The van der Waals surface area contributed by atoms with Gasteiger partial charge in [0.2, 0.25) is 0 Å². The van der Waals surface area contributed by atoms with Crippen LogP contribution in [0.1, 0.15) is 98.8 Å². The molecular formula is C23H40O. The standard InChI is InChI=1S/C23H40O/c1-16(2)17-12-18(14-21(3,4)5)20(24-23(9,10)11)19(13-17)15-22(6,7)8/h12-13,16H,14-15H2,1-11H3. The Kier molecular flexibility index (Phi) is 6.23. The van der Waals surface area contributed by atoms with Crippen LogP contribution in [0.2, 0.25) is 0 Å². The van der Waals surface area contributed by atoms with Crippen LogP contribution in [0, 0.1) is 10.8 Å². The molecule has 0 N–H and O–H groups in total. The monoisotopic (exact) mass is 332 g/mol. The highest BCUT2D eigenvalue weighted by molar-refractivity contribution is 5.47. The SMILES string of the molecule is CC(C)c1cc(CC(C)(C)C)c(OC(C)(C)C)c(CC(C)(C)C)c1. The van der Waals surface area contributed by atoms with Gasteiger partial charge in [-0.15, -0.1) is 0 Å². The van der Waals surface area contributed by atoms with Gasteiger partial charge in [-0.25, -0.2) is 0 Å². The van der Waals surface area contributed by atoms with Crippen molar-refractivity contribution in [2.45, 2.75) is 101 Å². The van der Waals surface area contributed by atoms with Crippen LogP contribution in [0.3, 0.4) is 0 Å². The lowest BCUT2D eigenvalue weighted by atomic mass is 9.81. The molecule has 0 radical (unpaired) electrons. The first kappa shape index (κ1) is 21.1. The molecule has 1 nitrogen and oxygen atoms in total. The minimum Gasteiger partial charge on any atom is -0.488 e. The average molecular weight is 333 g/mol. The predicted octanol–water partition coefficient (Wildman–Crippen LogP) is 7.16. The van der Waals surface area contributed by atoms with E-state index in [4.69, 9.17) is 4.74 Å². The van der Waals surface area contributed by atoms with Gasteiger partial charge in [0.1, 0.15) is 11.4 Å². The van der Waals surface area contributed by atoms with Gasteiger partial charge in [-0.05, 0) is 67.1 Å². The van der Waals surface area contributed by atoms with Gasteiger partial charge in [0.25, 0.3) is 0 Å². The summed E-state index contributed by atoms with van der Waals surface area (Å²) in [5.74, 6) is 1.66. The lowest BCUT2D eigenvalue weighted by molar-refractivity contribution is 0.126. The van der Waals surface area contributed by atoms with Crippen molar-refractivity contribution in [2.24, 2.45) is 10.8 Å². The van der Waals surface area contributed by atoms with Crippen LogP contribution in [0.15, 0.2) is 12.1 Å². The Bertz CT molecular complexity index is 508. The summed E-state index contributed by atoms with van der Waals surface area (Å²) in [5.41, 5.74) is 4.45. The zero-order valence-electron chi connectivity index (χ0n) is 18.1. The van der Waals surface area contributed by atoms with Crippen molar-refractivity contribution in [1.82, 2.24) is 0 Å². The molecule has 1 aromatic carbocycles. The van der Waals surface area contributed by atoms with Crippen molar-refractivity contribution >= 4 is 0 Å². The fourth-order valence-electron chi connectivity index (χ4n) is 2.96. The maximum Gasteiger partial charge on any atom is 0.126 e. The highest BCUT2D eigenvalue weighted by Crippen LogP contribution is 2.38. The highest BCUT2D eigenvalue weighted by atomic mass is 16.5. The third-order valence-electron chi connectivity index (χ3n) is 3.78. The zero-order valence-corrected chi connectivity index (χ0v) is 18.1. The van der Waals surface area contributed by atoms with Crippen LogP contribution in [0.5, 0.6) is 5.75 Å². The molecule has 0 saturated heterocycles. The number of ether oxygens (including phenoxy) is 1. The fraction of sp³-hybridized carbons (Fsp3) is 0.739. The van der Waals surface area contributed by atoms with Crippen LogP contribution >= 0.6 is 0 Å². The normalized spacial score (nSPS) is 13.5. The maximum absolute atomic E-state index is 6.49. The lowest BCUT2D eigenvalue weighted by Crippen LogP contribution is -2.26. The van der Waals surface area contributed by atoms with E-state index in [1.54, 1.807) is 0 Å². The molecule has 0 amide bonds. The predicted molar refractivity (Wildman–Crippen MR) is 107 cm³/mol. The van der Waals surface area contributed by atoms with Crippen molar-refractivity contribution in [3.8, 4) is 5.75 Å². The van der Waals surface area contributed by atoms with E-state index in [0.29, 0.717) is 5.92 Å². The third-order valence-corrected chi connectivity index (χ3v) is 3.78. The Balaban J connectivity index is 3.55. The average Bonchev–Trinajstić information content (AvgIpc) is 2.27. The van der Waals surface area contributed by atoms with Crippen molar-refractivity contribution in [3.63, 3.8) is 0 Å². The van der Waals surface area contributed by atoms with Crippen LogP contribution in [-0.4, -0.2) is 5.60 Å². The summed E-state index contributed by atoms with van der Waals surface area (Å²) in [6.45, 7) is 24.8. The summed E-state index contributed by atoms with van der Waals surface area (Å²) < 4.78 is 6.49. The quantitative estimate of drug-likeness (QED) is 0.568. The first-order valence-corrected chi connectivity index (χ1v) is 9.42. The summed E-state index contributed by atoms with van der Waals surface area (Å²) in [4.78, 5) is 0. The molecule has 0 aliphatic rings. The smallest absolute Gasteiger partial charge is 0.126 e. The van der Waals surface area contributed by atoms with Crippen LogP contribution in [-0.2, 0) is 12.8 Å². The first-order chi connectivity index (χ1) is 10.6. The molecular weight excluding hydrogens is 292 g/mol. The van der Waals surface area contributed by atoms with Gasteiger partial charge in [0.15, 0.2) is 0 Å². The van der Waals surface area contributed by atoms with E-state index in [1.807, 2.05) is 0 Å².